The van der Waals surface area contributed by atoms with Gasteiger partial charge in [0.15, 0.2) is 0 Å². The van der Waals surface area contributed by atoms with Crippen LogP contribution in [-0.4, -0.2) is 36.1 Å². The Morgan fingerprint density at radius 2 is 2.04 bits per heavy atom. The lowest BCUT2D eigenvalue weighted by Crippen LogP contribution is -2.28. The van der Waals surface area contributed by atoms with Crippen molar-refractivity contribution in [1.29, 1.82) is 0 Å². The molecule has 2 unspecified atom stereocenters. The van der Waals surface area contributed by atoms with Crippen molar-refractivity contribution in [1.82, 2.24) is 4.90 Å². The molecule has 1 saturated heterocycles. The van der Waals surface area contributed by atoms with Crippen LogP contribution in [0.4, 0.5) is 5.69 Å². The fourth-order valence-corrected chi connectivity index (χ4v) is 3.94. The van der Waals surface area contributed by atoms with Crippen LogP contribution in [0.3, 0.4) is 0 Å². The Kier molecular flexibility index (Phi) is 6.37. The van der Waals surface area contributed by atoms with Crippen LogP contribution in [0.25, 0.3) is 0 Å². The van der Waals surface area contributed by atoms with Crippen LogP contribution in [-0.2, 0) is 4.79 Å². The first kappa shape index (κ1) is 20.4. The maximum Gasteiger partial charge on any atom is 0.221 e. The van der Waals surface area contributed by atoms with Crippen molar-refractivity contribution in [2.24, 2.45) is 0 Å². The molecule has 1 aliphatic rings. The number of β-amino-alcohol motifs (C(OH)–C–C–N with tert-alkyl or cyclic N) is 1. The zero-order chi connectivity index (χ0) is 20.3. The highest BCUT2D eigenvalue weighted by Crippen LogP contribution is 2.35. The summed E-state index contributed by atoms with van der Waals surface area (Å²) in [6.07, 6.45) is 1.60. The molecule has 0 saturated carbocycles. The predicted octanol–water partition coefficient (Wildman–Crippen LogP) is 4.14. The van der Waals surface area contributed by atoms with Crippen molar-refractivity contribution in [3.05, 3.63) is 58.7 Å². The Bertz CT molecular complexity index is 850. The van der Waals surface area contributed by atoms with Crippen molar-refractivity contribution in [3.63, 3.8) is 0 Å². The normalized spacial score (nSPS) is 18.1. The van der Waals surface area contributed by atoms with E-state index in [1.54, 1.807) is 19.2 Å². The molecule has 28 heavy (non-hydrogen) atoms. The third kappa shape index (κ3) is 4.54. The van der Waals surface area contributed by atoms with Crippen LogP contribution in [0.1, 0.15) is 54.2 Å². The van der Waals surface area contributed by atoms with E-state index in [1.807, 2.05) is 6.07 Å². The number of hydrogen-bond acceptors (Lipinski definition) is 4. The van der Waals surface area contributed by atoms with Gasteiger partial charge in [0.1, 0.15) is 5.75 Å². The summed E-state index contributed by atoms with van der Waals surface area (Å²) in [7, 11) is 1.56. The van der Waals surface area contributed by atoms with E-state index in [-0.39, 0.29) is 5.91 Å². The second kappa shape index (κ2) is 8.76. The Balaban J connectivity index is 1.76. The van der Waals surface area contributed by atoms with Crippen LogP contribution in [0, 0.1) is 13.8 Å². The molecule has 5 heteroatoms. The number of nitrogens with one attached hydrogen (secondary N) is 1. The number of likely N-dealkylation sites (tertiary alicyclic amines) is 1. The molecular weight excluding hydrogens is 352 g/mol. The summed E-state index contributed by atoms with van der Waals surface area (Å²) in [6.45, 7) is 7.27. The van der Waals surface area contributed by atoms with E-state index in [9.17, 15) is 9.90 Å². The third-order valence-corrected chi connectivity index (χ3v) is 5.61. The molecule has 0 bridgehead atoms. The van der Waals surface area contributed by atoms with Gasteiger partial charge in [-0.15, -0.1) is 0 Å². The van der Waals surface area contributed by atoms with E-state index in [1.165, 1.54) is 23.6 Å². The number of nitrogens with zero attached hydrogens (tertiary/aromatic N) is 1. The van der Waals surface area contributed by atoms with Crippen LogP contribution in [0.5, 0.6) is 5.75 Å². The summed E-state index contributed by atoms with van der Waals surface area (Å²) in [5.41, 5.74) is 5.28. The Hall–Kier alpha value is -2.37. The van der Waals surface area contributed by atoms with Gasteiger partial charge in [-0.05, 0) is 67.6 Å². The Morgan fingerprint density at radius 1 is 1.25 bits per heavy atom. The Labute approximate surface area is 167 Å². The van der Waals surface area contributed by atoms with Gasteiger partial charge in [0.05, 0.1) is 18.9 Å². The molecule has 0 aliphatic carbocycles. The molecule has 0 aromatic heterocycles. The number of carbonyl (C=O) groups is 1. The molecule has 5 nitrogen and oxygen atoms in total. The highest BCUT2D eigenvalue weighted by molar-refractivity contribution is 5.90. The van der Waals surface area contributed by atoms with Gasteiger partial charge >= 0.3 is 0 Å². The molecule has 2 atom stereocenters. The van der Waals surface area contributed by atoms with Crippen molar-refractivity contribution >= 4 is 11.6 Å². The van der Waals surface area contributed by atoms with Gasteiger partial charge in [-0.3, -0.25) is 9.69 Å². The Morgan fingerprint density at radius 3 is 2.71 bits per heavy atom. The summed E-state index contributed by atoms with van der Waals surface area (Å²) in [5.74, 6) is 0.416. The maximum atomic E-state index is 11.5. The quantitative estimate of drug-likeness (QED) is 0.788. The number of aliphatic hydroxyl groups is 1. The molecule has 3 rings (SSSR count). The van der Waals surface area contributed by atoms with E-state index >= 15 is 0 Å². The number of anilines is 1. The lowest BCUT2D eigenvalue weighted by Gasteiger charge is -2.28. The number of hydrogen-bond donors (Lipinski definition) is 2. The number of carbonyl (C=O) groups excluding carboxylic acids is 1. The standard InChI is InChI=1S/C23H30N2O3/c1-15-7-8-18(12-16(15)2)21-6-5-11-25(21)14-22(27)19-9-10-23(28-4)20(13-19)24-17(3)26/h7-10,12-13,21-22,27H,5-6,11,14H2,1-4H3,(H,24,26). The fraction of sp³-hybridized carbons (Fsp3) is 0.435. The highest BCUT2D eigenvalue weighted by atomic mass is 16.5. The van der Waals surface area contributed by atoms with Crippen molar-refractivity contribution in [2.45, 2.75) is 45.8 Å². The van der Waals surface area contributed by atoms with Gasteiger partial charge in [0, 0.05) is 19.5 Å². The highest BCUT2D eigenvalue weighted by Gasteiger charge is 2.28. The molecule has 2 aromatic carbocycles. The minimum Gasteiger partial charge on any atom is -0.495 e. The minimum absolute atomic E-state index is 0.167. The van der Waals surface area contributed by atoms with Crippen LogP contribution < -0.4 is 10.1 Å². The lowest BCUT2D eigenvalue weighted by atomic mass is 9.99. The summed E-state index contributed by atoms with van der Waals surface area (Å²) in [6, 6.07) is 12.4. The first-order chi connectivity index (χ1) is 13.4. The number of benzene rings is 2. The molecule has 2 N–H and O–H groups in total. The summed E-state index contributed by atoms with van der Waals surface area (Å²) in [5, 5.41) is 13.6. The first-order valence-corrected chi connectivity index (χ1v) is 9.84. The van der Waals surface area contributed by atoms with Gasteiger partial charge in [-0.1, -0.05) is 24.3 Å². The lowest BCUT2D eigenvalue weighted by molar-refractivity contribution is -0.114. The molecular formula is C23H30N2O3. The largest absolute Gasteiger partial charge is 0.495 e. The molecule has 1 fully saturated rings. The third-order valence-electron chi connectivity index (χ3n) is 5.61. The maximum absolute atomic E-state index is 11.5. The number of aryl methyl sites for hydroxylation is 2. The number of methoxy groups -OCH3 is 1. The van der Waals surface area contributed by atoms with E-state index in [0.29, 0.717) is 24.0 Å². The molecule has 1 heterocycles. The number of ether oxygens (including phenoxy) is 1. The second-order valence-corrected chi connectivity index (χ2v) is 7.65. The first-order valence-electron chi connectivity index (χ1n) is 9.84. The minimum atomic E-state index is -0.634. The molecule has 0 radical (unpaired) electrons. The summed E-state index contributed by atoms with van der Waals surface area (Å²) in [4.78, 5) is 13.8. The van der Waals surface area contributed by atoms with Crippen LogP contribution >= 0.6 is 0 Å². The topological polar surface area (TPSA) is 61.8 Å². The van der Waals surface area contributed by atoms with Crippen molar-refractivity contribution in [2.75, 3.05) is 25.5 Å². The molecule has 2 aromatic rings. The number of amides is 1. The monoisotopic (exact) mass is 382 g/mol. The average molecular weight is 383 g/mol. The molecule has 0 spiro atoms. The van der Waals surface area contributed by atoms with Gasteiger partial charge in [0.2, 0.25) is 5.91 Å². The summed E-state index contributed by atoms with van der Waals surface area (Å²) >= 11 is 0. The molecule has 1 amide bonds. The predicted molar refractivity (Wildman–Crippen MR) is 112 cm³/mol. The van der Waals surface area contributed by atoms with E-state index in [0.717, 1.165) is 24.9 Å². The van der Waals surface area contributed by atoms with Gasteiger partial charge in [-0.25, -0.2) is 0 Å². The van der Waals surface area contributed by atoms with E-state index in [4.69, 9.17) is 4.74 Å². The zero-order valence-corrected chi connectivity index (χ0v) is 17.2. The van der Waals surface area contributed by atoms with E-state index in [2.05, 4.69) is 42.3 Å². The smallest absolute Gasteiger partial charge is 0.221 e. The SMILES string of the molecule is COc1ccc(C(O)CN2CCCC2c2ccc(C)c(C)c2)cc1NC(C)=O. The van der Waals surface area contributed by atoms with Crippen LogP contribution in [0.15, 0.2) is 36.4 Å². The van der Waals surface area contributed by atoms with Gasteiger partial charge in [-0.2, -0.15) is 0 Å². The van der Waals surface area contributed by atoms with Crippen molar-refractivity contribution in [3.8, 4) is 5.75 Å². The van der Waals surface area contributed by atoms with Gasteiger partial charge in [0.25, 0.3) is 0 Å². The zero-order valence-electron chi connectivity index (χ0n) is 17.2. The van der Waals surface area contributed by atoms with Crippen molar-refractivity contribution < 1.29 is 14.6 Å². The molecule has 1 aliphatic heterocycles. The van der Waals surface area contributed by atoms with E-state index < -0.39 is 6.10 Å². The second-order valence-electron chi connectivity index (χ2n) is 7.65. The van der Waals surface area contributed by atoms with Gasteiger partial charge < -0.3 is 15.2 Å². The summed E-state index contributed by atoms with van der Waals surface area (Å²) < 4.78 is 5.30. The number of aliphatic hydroxyl groups excluding tert-OH is 1. The number of rotatable bonds is 6. The van der Waals surface area contributed by atoms with Crippen LogP contribution in [0.2, 0.25) is 0 Å². The fourth-order valence-electron chi connectivity index (χ4n) is 3.94. The average Bonchev–Trinajstić information content (AvgIpc) is 3.11. The molecule has 150 valence electrons.